The Morgan fingerprint density at radius 3 is 2.50 bits per heavy atom. The number of aromatic nitrogens is 1. The number of hydrogen-bond acceptors (Lipinski definition) is 1. The van der Waals surface area contributed by atoms with E-state index in [1.54, 1.807) is 6.07 Å². The van der Waals surface area contributed by atoms with Crippen molar-refractivity contribution in [2.24, 2.45) is 0 Å². The molecule has 1 aromatic carbocycles. The van der Waals surface area contributed by atoms with E-state index in [1.807, 2.05) is 48.1 Å². The highest BCUT2D eigenvalue weighted by Crippen LogP contribution is 2.41. The summed E-state index contributed by atoms with van der Waals surface area (Å²) in [6.45, 7) is 2.51. The minimum atomic E-state index is -0.268. The van der Waals surface area contributed by atoms with Gasteiger partial charge in [0.05, 0.1) is 0 Å². The van der Waals surface area contributed by atoms with Crippen LogP contribution >= 0.6 is 0 Å². The Morgan fingerprint density at radius 1 is 1.21 bits per heavy atom. The Hall–Kier alpha value is -2.10. The maximum absolute atomic E-state index is 14.3. The van der Waals surface area contributed by atoms with Crippen LogP contribution in [0.4, 0.5) is 4.39 Å². The van der Waals surface area contributed by atoms with Crippen LogP contribution < -0.4 is 5.32 Å². The van der Waals surface area contributed by atoms with Gasteiger partial charge < -0.3 is 9.88 Å². The fraction of sp³-hybridized carbons (Fsp3) is 0.450. The topological polar surface area (TPSA) is 34.0 Å². The fourth-order valence-corrected chi connectivity index (χ4v) is 3.95. The second kappa shape index (κ2) is 7.20. The number of rotatable bonds is 6. The molecule has 0 saturated heterocycles. The summed E-state index contributed by atoms with van der Waals surface area (Å²) in [5.41, 5.74) is 0.479. The Bertz CT molecular complexity index is 675. The minimum absolute atomic E-state index is 0.0105. The molecule has 1 heterocycles. The molecular weight excluding hydrogens is 303 g/mol. The second-order valence-corrected chi connectivity index (χ2v) is 6.74. The van der Waals surface area contributed by atoms with E-state index in [0.29, 0.717) is 6.54 Å². The van der Waals surface area contributed by atoms with Gasteiger partial charge in [-0.1, -0.05) is 38.0 Å². The quantitative estimate of drug-likeness (QED) is 0.847. The van der Waals surface area contributed by atoms with E-state index in [4.69, 9.17) is 0 Å². The molecule has 1 N–H and O–H groups in total. The van der Waals surface area contributed by atoms with Gasteiger partial charge in [0.2, 0.25) is 5.91 Å². The lowest BCUT2D eigenvalue weighted by Crippen LogP contribution is -2.42. The van der Waals surface area contributed by atoms with Gasteiger partial charge in [-0.25, -0.2) is 4.39 Å². The molecular formula is C20H25FN2O. The lowest BCUT2D eigenvalue weighted by atomic mass is 9.78. The molecule has 1 aliphatic rings. The van der Waals surface area contributed by atoms with Crippen LogP contribution in [0.1, 0.15) is 50.6 Å². The first kappa shape index (κ1) is 16.7. The number of hydrogen-bond donors (Lipinski definition) is 1. The third-order valence-corrected chi connectivity index (χ3v) is 5.28. The molecule has 4 heteroatoms. The smallest absolute Gasteiger partial charge is 0.243 e. The third-order valence-electron chi connectivity index (χ3n) is 5.28. The number of nitrogens with zero attached hydrogens (tertiary/aromatic N) is 1. The van der Waals surface area contributed by atoms with Crippen LogP contribution in [-0.2, 0) is 10.2 Å². The van der Waals surface area contributed by atoms with E-state index in [9.17, 15) is 9.18 Å². The first-order valence-electron chi connectivity index (χ1n) is 8.81. The van der Waals surface area contributed by atoms with Crippen molar-refractivity contribution in [2.45, 2.75) is 50.5 Å². The van der Waals surface area contributed by atoms with E-state index < -0.39 is 0 Å². The Kier molecular flexibility index (Phi) is 5.03. The van der Waals surface area contributed by atoms with Gasteiger partial charge in [-0.05, 0) is 43.0 Å². The Balaban J connectivity index is 1.75. The normalized spacial score (nSPS) is 17.6. The first-order chi connectivity index (χ1) is 11.7. The van der Waals surface area contributed by atoms with E-state index in [2.05, 4.69) is 5.32 Å². The highest BCUT2D eigenvalue weighted by molar-refractivity contribution is 5.80. The largest absolute Gasteiger partial charge is 0.353 e. The van der Waals surface area contributed by atoms with Crippen LogP contribution in [0, 0.1) is 5.82 Å². The van der Waals surface area contributed by atoms with Crippen molar-refractivity contribution in [3.63, 3.8) is 0 Å². The average molecular weight is 328 g/mol. The molecule has 0 unspecified atom stereocenters. The lowest BCUT2D eigenvalue weighted by molar-refractivity contribution is -0.124. The van der Waals surface area contributed by atoms with Gasteiger partial charge in [-0.2, -0.15) is 0 Å². The standard InChI is InChI=1S/C20H25FN2O/c1-2-18(23-13-7-8-14-23)19(24)22-15-20(11-5-6-12-20)16-9-3-4-10-17(16)21/h3-4,7-10,13-14,18H,2,5-6,11-12,15H2,1H3,(H,22,24)/t18-/m1/s1. The predicted molar refractivity (Wildman–Crippen MR) is 93.3 cm³/mol. The molecule has 1 aliphatic carbocycles. The van der Waals surface area contributed by atoms with Gasteiger partial charge >= 0.3 is 0 Å². The SMILES string of the molecule is CC[C@H](C(=O)NCC1(c2ccccc2F)CCCC1)n1cccc1. The summed E-state index contributed by atoms with van der Waals surface area (Å²) in [5.74, 6) is -0.151. The van der Waals surface area contributed by atoms with E-state index in [1.165, 1.54) is 6.07 Å². The zero-order chi connectivity index (χ0) is 17.0. The highest BCUT2D eigenvalue weighted by atomic mass is 19.1. The summed E-state index contributed by atoms with van der Waals surface area (Å²) in [6.07, 6.45) is 8.57. The summed E-state index contributed by atoms with van der Waals surface area (Å²) in [4.78, 5) is 12.7. The van der Waals surface area contributed by atoms with Crippen molar-refractivity contribution >= 4 is 5.91 Å². The van der Waals surface area contributed by atoms with Crippen molar-refractivity contribution in [1.82, 2.24) is 9.88 Å². The molecule has 0 aliphatic heterocycles. The van der Waals surface area contributed by atoms with Gasteiger partial charge in [-0.3, -0.25) is 4.79 Å². The van der Waals surface area contributed by atoms with Crippen molar-refractivity contribution in [3.05, 3.63) is 60.2 Å². The summed E-state index contributed by atoms with van der Waals surface area (Å²) >= 11 is 0. The average Bonchev–Trinajstić information content (AvgIpc) is 3.27. The van der Waals surface area contributed by atoms with E-state index >= 15 is 0 Å². The number of amides is 1. The molecule has 3 nitrogen and oxygen atoms in total. The fourth-order valence-electron chi connectivity index (χ4n) is 3.95. The molecule has 1 fully saturated rings. The second-order valence-electron chi connectivity index (χ2n) is 6.74. The zero-order valence-electron chi connectivity index (χ0n) is 14.2. The maximum Gasteiger partial charge on any atom is 0.243 e. The molecule has 2 aromatic rings. The van der Waals surface area contributed by atoms with Crippen molar-refractivity contribution in [1.29, 1.82) is 0 Å². The van der Waals surface area contributed by atoms with Crippen molar-refractivity contribution in [3.8, 4) is 0 Å². The molecule has 24 heavy (non-hydrogen) atoms. The lowest BCUT2D eigenvalue weighted by Gasteiger charge is -2.31. The minimum Gasteiger partial charge on any atom is -0.353 e. The summed E-state index contributed by atoms with van der Waals surface area (Å²) in [7, 11) is 0. The first-order valence-corrected chi connectivity index (χ1v) is 8.81. The highest BCUT2D eigenvalue weighted by Gasteiger charge is 2.38. The Morgan fingerprint density at radius 2 is 1.88 bits per heavy atom. The number of halogens is 1. The molecule has 3 rings (SSSR count). The number of benzene rings is 1. The van der Waals surface area contributed by atoms with Crippen LogP contribution in [-0.4, -0.2) is 17.0 Å². The van der Waals surface area contributed by atoms with E-state index in [-0.39, 0.29) is 23.2 Å². The predicted octanol–water partition coefficient (Wildman–Crippen LogP) is 4.21. The molecule has 128 valence electrons. The molecule has 1 amide bonds. The maximum atomic E-state index is 14.3. The van der Waals surface area contributed by atoms with Crippen molar-refractivity contribution < 1.29 is 9.18 Å². The summed E-state index contributed by atoms with van der Waals surface area (Å²) in [6, 6.07) is 10.6. The summed E-state index contributed by atoms with van der Waals surface area (Å²) in [5, 5.41) is 3.10. The monoisotopic (exact) mass is 328 g/mol. The van der Waals surface area contributed by atoms with Gasteiger partial charge in [0, 0.05) is 24.4 Å². The molecule has 1 aromatic heterocycles. The van der Waals surface area contributed by atoms with E-state index in [0.717, 1.165) is 37.7 Å². The Labute approximate surface area is 142 Å². The van der Waals surface area contributed by atoms with Crippen LogP contribution in [0.3, 0.4) is 0 Å². The number of carbonyl (C=O) groups is 1. The van der Waals surface area contributed by atoms with Crippen molar-refractivity contribution in [2.75, 3.05) is 6.54 Å². The van der Waals surface area contributed by atoms with Crippen LogP contribution in [0.15, 0.2) is 48.8 Å². The molecule has 0 spiro atoms. The third kappa shape index (κ3) is 3.23. The zero-order valence-corrected chi connectivity index (χ0v) is 14.2. The molecule has 1 atom stereocenters. The molecule has 1 saturated carbocycles. The molecule has 0 radical (unpaired) electrons. The van der Waals surface area contributed by atoms with Gasteiger partial charge in [0.1, 0.15) is 11.9 Å². The van der Waals surface area contributed by atoms with Crippen LogP contribution in [0.5, 0.6) is 0 Å². The number of nitrogens with one attached hydrogen (secondary N) is 1. The van der Waals surface area contributed by atoms with Gasteiger partial charge in [-0.15, -0.1) is 0 Å². The summed E-state index contributed by atoms with van der Waals surface area (Å²) < 4.78 is 16.3. The molecule has 0 bridgehead atoms. The van der Waals surface area contributed by atoms with Crippen LogP contribution in [0.2, 0.25) is 0 Å². The number of carbonyl (C=O) groups excluding carboxylic acids is 1. The van der Waals surface area contributed by atoms with Gasteiger partial charge in [0.25, 0.3) is 0 Å². The van der Waals surface area contributed by atoms with Gasteiger partial charge in [0.15, 0.2) is 0 Å². The van der Waals surface area contributed by atoms with Crippen LogP contribution in [0.25, 0.3) is 0 Å².